The minimum absolute atomic E-state index is 0.125. The molecule has 0 aromatic heterocycles. The van der Waals surface area contributed by atoms with E-state index in [0.29, 0.717) is 11.0 Å². The summed E-state index contributed by atoms with van der Waals surface area (Å²) < 4.78 is 6.42. The van der Waals surface area contributed by atoms with Gasteiger partial charge in [-0.25, -0.2) is 4.79 Å². The number of rotatable bonds is 7. The Morgan fingerprint density at radius 1 is 0.950 bits per heavy atom. The molecule has 0 spiro atoms. The van der Waals surface area contributed by atoms with Crippen LogP contribution in [0.1, 0.15) is 38.8 Å². The zero-order valence-corrected chi connectivity index (χ0v) is 23.9. The molecule has 1 fully saturated rings. The van der Waals surface area contributed by atoms with Crippen molar-refractivity contribution in [3.05, 3.63) is 90.0 Å². The van der Waals surface area contributed by atoms with Gasteiger partial charge in [-0.1, -0.05) is 66.7 Å². The first kappa shape index (κ1) is 30.4. The predicted octanol–water partition coefficient (Wildman–Crippen LogP) is 3.58. The van der Waals surface area contributed by atoms with E-state index in [-0.39, 0.29) is 5.97 Å². The van der Waals surface area contributed by atoms with Crippen LogP contribution in [0.5, 0.6) is 0 Å². The van der Waals surface area contributed by atoms with Gasteiger partial charge in [0.15, 0.2) is 6.54 Å². The predicted molar refractivity (Wildman–Crippen MR) is 157 cm³/mol. The van der Waals surface area contributed by atoms with E-state index in [1.54, 1.807) is 6.21 Å². The van der Waals surface area contributed by atoms with Crippen molar-refractivity contribution < 1.29 is 23.9 Å². The molecular weight excluding hydrogens is 504 g/mol. The normalized spacial score (nSPS) is 14.8. The van der Waals surface area contributed by atoms with E-state index in [2.05, 4.69) is 70.7 Å². The number of carboxylic acids is 1. The average Bonchev–Trinajstić information content (AvgIpc) is 2.89. The molecule has 1 heterocycles. The summed E-state index contributed by atoms with van der Waals surface area (Å²) in [4.78, 5) is 24.1. The van der Waals surface area contributed by atoms with Crippen LogP contribution in [0.15, 0.2) is 84.0 Å². The molecule has 0 bridgehead atoms. The zero-order valence-electron chi connectivity index (χ0n) is 23.9. The summed E-state index contributed by atoms with van der Waals surface area (Å²) in [5.41, 5.74) is 5.30. The van der Waals surface area contributed by atoms with E-state index in [1.807, 2.05) is 39.0 Å². The van der Waals surface area contributed by atoms with Crippen molar-refractivity contribution in [3.8, 4) is 11.1 Å². The highest BCUT2D eigenvalue weighted by molar-refractivity contribution is 5.80. The molecule has 4 rings (SSSR count). The summed E-state index contributed by atoms with van der Waals surface area (Å²) in [6.45, 7) is 11.5. The number of ether oxygens (including phenoxy) is 1. The number of esters is 1. The molecule has 0 atom stereocenters. The maximum Gasteiger partial charge on any atom is 0.362 e. The number of aliphatic carboxylic acids is 1. The molecule has 8 nitrogen and oxygen atoms in total. The average molecular weight is 545 g/mol. The number of nitrogens with two attached hydrogens (primary N) is 1. The third kappa shape index (κ3) is 9.54. The SMILES string of the molecule is CC(=O)[O-].CC(C)(C)OC(=O)C[N+]1(Cc2ccccc2)CCN(c2ccc(-c3ccc(C=NN)cc3)cc2)CC1. The number of carbonyl (C=O) groups is 2. The van der Waals surface area contributed by atoms with Crippen molar-refractivity contribution >= 4 is 23.8 Å². The van der Waals surface area contributed by atoms with E-state index in [0.717, 1.165) is 50.8 Å². The lowest BCUT2D eigenvalue weighted by Gasteiger charge is -2.45. The number of anilines is 1. The fraction of sp³-hybridized carbons (Fsp3) is 0.344. The van der Waals surface area contributed by atoms with Gasteiger partial charge in [0.1, 0.15) is 12.1 Å². The number of benzene rings is 3. The quantitative estimate of drug-likeness (QED) is 0.160. The highest BCUT2D eigenvalue weighted by Crippen LogP contribution is 2.27. The molecule has 0 saturated carbocycles. The Labute approximate surface area is 237 Å². The Bertz CT molecular complexity index is 1260. The van der Waals surface area contributed by atoms with Crippen LogP contribution in [0.25, 0.3) is 11.1 Å². The van der Waals surface area contributed by atoms with Gasteiger partial charge in [0.05, 0.1) is 32.4 Å². The van der Waals surface area contributed by atoms with Crippen molar-refractivity contribution in [1.82, 2.24) is 0 Å². The number of hydrogen-bond donors (Lipinski definition) is 1. The lowest BCUT2D eigenvalue weighted by Crippen LogP contribution is -2.61. The fourth-order valence-electron chi connectivity index (χ4n) is 4.85. The highest BCUT2D eigenvalue weighted by Gasteiger charge is 2.37. The van der Waals surface area contributed by atoms with Crippen LogP contribution < -0.4 is 15.8 Å². The molecule has 0 aliphatic carbocycles. The van der Waals surface area contributed by atoms with Crippen molar-refractivity contribution in [1.29, 1.82) is 0 Å². The molecule has 1 aliphatic heterocycles. The Hall–Kier alpha value is -4.17. The topological polar surface area (TPSA) is 108 Å². The van der Waals surface area contributed by atoms with Crippen LogP contribution >= 0.6 is 0 Å². The van der Waals surface area contributed by atoms with Gasteiger partial charge in [-0.15, -0.1) is 0 Å². The number of carboxylic acid groups (broad SMARTS) is 1. The molecule has 1 saturated heterocycles. The van der Waals surface area contributed by atoms with Gasteiger partial charge >= 0.3 is 5.97 Å². The molecule has 40 heavy (non-hydrogen) atoms. The third-order valence-electron chi connectivity index (χ3n) is 6.63. The standard InChI is InChI=1S/C30H37N4O2.C2H4O2/c1-30(2,3)36-29(35)23-34(22-25-7-5-4-6-8-25)19-17-33(18-20-34)28-15-13-27(14-16-28)26-11-9-24(10-12-26)21-32-31;1-2(3)4/h4-16,21H,17-20,22-23,31H2,1-3H3;1H3,(H,3,4)/q+1;/p-1. The lowest BCUT2D eigenvalue weighted by atomic mass is 10.0. The van der Waals surface area contributed by atoms with E-state index >= 15 is 0 Å². The lowest BCUT2D eigenvalue weighted by molar-refractivity contribution is -0.934. The van der Waals surface area contributed by atoms with Gasteiger partial charge < -0.3 is 29.9 Å². The summed E-state index contributed by atoms with van der Waals surface area (Å²) >= 11 is 0. The minimum atomic E-state index is -1.08. The third-order valence-corrected chi connectivity index (χ3v) is 6.63. The van der Waals surface area contributed by atoms with E-state index < -0.39 is 11.6 Å². The Morgan fingerprint density at radius 2 is 1.48 bits per heavy atom. The Morgan fingerprint density at radius 3 is 1.98 bits per heavy atom. The van der Waals surface area contributed by atoms with Gasteiger partial charge in [0.2, 0.25) is 0 Å². The number of piperazine rings is 1. The number of quaternary nitrogens is 1. The summed E-state index contributed by atoms with van der Waals surface area (Å²) in [5, 5.41) is 12.5. The van der Waals surface area contributed by atoms with Gasteiger partial charge in [0, 0.05) is 17.2 Å². The Balaban J connectivity index is 0.00000103. The molecule has 3 aromatic rings. The molecule has 0 unspecified atom stereocenters. The summed E-state index contributed by atoms with van der Waals surface area (Å²) in [6.07, 6.45) is 1.64. The number of hydrazone groups is 1. The molecule has 1 aliphatic rings. The highest BCUT2D eigenvalue weighted by atomic mass is 16.6. The van der Waals surface area contributed by atoms with Gasteiger partial charge in [0.25, 0.3) is 0 Å². The molecule has 3 aromatic carbocycles. The maximum atomic E-state index is 12.8. The monoisotopic (exact) mass is 544 g/mol. The number of carbonyl (C=O) groups excluding carboxylic acids is 2. The smallest absolute Gasteiger partial charge is 0.362 e. The van der Waals surface area contributed by atoms with Crippen LogP contribution in [0, 0.1) is 0 Å². The Kier molecular flexibility index (Phi) is 10.4. The van der Waals surface area contributed by atoms with Gasteiger partial charge in [-0.05, 0) is 56.5 Å². The van der Waals surface area contributed by atoms with Gasteiger partial charge in [-0.3, -0.25) is 0 Å². The number of nitrogens with zero attached hydrogens (tertiary/aromatic N) is 3. The summed E-state index contributed by atoms with van der Waals surface area (Å²) in [6, 6.07) is 27.4. The van der Waals surface area contributed by atoms with Crippen LogP contribution in [-0.2, 0) is 20.9 Å². The second kappa shape index (κ2) is 13.8. The van der Waals surface area contributed by atoms with Crippen molar-refractivity contribution in [3.63, 3.8) is 0 Å². The van der Waals surface area contributed by atoms with Crippen molar-refractivity contribution in [2.75, 3.05) is 37.6 Å². The minimum Gasteiger partial charge on any atom is -0.550 e. The largest absolute Gasteiger partial charge is 0.550 e. The van der Waals surface area contributed by atoms with E-state index in [4.69, 9.17) is 20.5 Å². The maximum absolute atomic E-state index is 12.8. The first-order chi connectivity index (χ1) is 19.0. The van der Waals surface area contributed by atoms with Crippen LogP contribution in [0.3, 0.4) is 0 Å². The van der Waals surface area contributed by atoms with Crippen LogP contribution in [0.2, 0.25) is 0 Å². The van der Waals surface area contributed by atoms with Crippen LogP contribution in [0.4, 0.5) is 5.69 Å². The molecule has 2 N–H and O–H groups in total. The van der Waals surface area contributed by atoms with Gasteiger partial charge in [-0.2, -0.15) is 5.10 Å². The first-order valence-corrected chi connectivity index (χ1v) is 13.5. The van der Waals surface area contributed by atoms with Crippen LogP contribution in [-0.4, -0.2) is 61.0 Å². The second-order valence-electron chi connectivity index (χ2n) is 11.1. The van der Waals surface area contributed by atoms with Crippen molar-refractivity contribution in [2.45, 2.75) is 39.8 Å². The molecule has 8 heteroatoms. The fourth-order valence-corrected chi connectivity index (χ4v) is 4.85. The molecule has 0 amide bonds. The van der Waals surface area contributed by atoms with E-state index in [1.165, 1.54) is 16.8 Å². The number of hydrogen-bond acceptors (Lipinski definition) is 7. The summed E-state index contributed by atoms with van der Waals surface area (Å²) in [5.74, 6) is 4.03. The summed E-state index contributed by atoms with van der Waals surface area (Å²) in [7, 11) is 0. The molecule has 0 radical (unpaired) electrons. The zero-order chi connectivity index (χ0) is 29.2. The second-order valence-corrected chi connectivity index (χ2v) is 11.1. The molecular formula is C32H40N4O4. The first-order valence-electron chi connectivity index (χ1n) is 13.5. The van der Waals surface area contributed by atoms with Crippen molar-refractivity contribution in [2.24, 2.45) is 10.9 Å². The van der Waals surface area contributed by atoms with E-state index in [9.17, 15) is 4.79 Å². The molecule has 212 valence electrons.